The standard InChI is InChI=1S/C12H17NO3/c1-3-16-12(14)10(8-13)9-6-4-5-7-11(9)15-2/h4-7,10H,3,8,13H2,1-2H3. The van der Waals surface area contributed by atoms with E-state index in [1.54, 1.807) is 20.1 Å². The Morgan fingerprint density at radius 3 is 2.69 bits per heavy atom. The van der Waals surface area contributed by atoms with Crippen LogP contribution in [0.5, 0.6) is 5.75 Å². The topological polar surface area (TPSA) is 61.5 Å². The van der Waals surface area contributed by atoms with Gasteiger partial charge in [0.1, 0.15) is 5.75 Å². The largest absolute Gasteiger partial charge is 0.496 e. The fourth-order valence-electron chi connectivity index (χ4n) is 1.55. The van der Waals surface area contributed by atoms with Gasteiger partial charge < -0.3 is 15.2 Å². The van der Waals surface area contributed by atoms with E-state index in [9.17, 15) is 4.79 Å². The highest BCUT2D eigenvalue weighted by atomic mass is 16.5. The molecule has 1 aromatic carbocycles. The first-order chi connectivity index (χ1) is 7.74. The van der Waals surface area contributed by atoms with Gasteiger partial charge >= 0.3 is 5.97 Å². The number of esters is 1. The van der Waals surface area contributed by atoms with Gasteiger partial charge in [-0.1, -0.05) is 18.2 Å². The lowest BCUT2D eigenvalue weighted by atomic mass is 9.98. The summed E-state index contributed by atoms with van der Waals surface area (Å²) < 4.78 is 10.2. The Morgan fingerprint density at radius 1 is 1.44 bits per heavy atom. The average Bonchev–Trinajstić information content (AvgIpc) is 2.31. The fraction of sp³-hybridized carbons (Fsp3) is 0.417. The number of para-hydroxylation sites is 1. The second-order valence-corrected chi connectivity index (χ2v) is 3.28. The molecule has 0 heterocycles. The van der Waals surface area contributed by atoms with Crippen LogP contribution in [-0.4, -0.2) is 26.2 Å². The van der Waals surface area contributed by atoms with E-state index in [-0.39, 0.29) is 12.5 Å². The summed E-state index contributed by atoms with van der Waals surface area (Å²) in [4.78, 5) is 11.7. The highest BCUT2D eigenvalue weighted by molar-refractivity contribution is 5.79. The Balaban J connectivity index is 2.98. The minimum atomic E-state index is -0.462. The van der Waals surface area contributed by atoms with E-state index in [4.69, 9.17) is 15.2 Å². The van der Waals surface area contributed by atoms with Crippen molar-refractivity contribution in [3.05, 3.63) is 29.8 Å². The van der Waals surface area contributed by atoms with Crippen molar-refractivity contribution in [2.45, 2.75) is 12.8 Å². The molecule has 0 aliphatic heterocycles. The Morgan fingerprint density at radius 2 is 2.12 bits per heavy atom. The summed E-state index contributed by atoms with van der Waals surface area (Å²) >= 11 is 0. The number of hydrogen-bond donors (Lipinski definition) is 1. The van der Waals surface area contributed by atoms with Crippen LogP contribution in [0.25, 0.3) is 0 Å². The molecule has 0 aliphatic rings. The fourth-order valence-corrected chi connectivity index (χ4v) is 1.55. The lowest BCUT2D eigenvalue weighted by Crippen LogP contribution is -2.24. The second-order valence-electron chi connectivity index (χ2n) is 3.28. The molecule has 88 valence electrons. The van der Waals surface area contributed by atoms with Gasteiger partial charge in [0.2, 0.25) is 0 Å². The monoisotopic (exact) mass is 223 g/mol. The molecule has 0 radical (unpaired) electrons. The van der Waals surface area contributed by atoms with E-state index in [0.29, 0.717) is 12.4 Å². The number of ether oxygens (including phenoxy) is 2. The average molecular weight is 223 g/mol. The molecule has 0 spiro atoms. The highest BCUT2D eigenvalue weighted by Gasteiger charge is 2.23. The summed E-state index contributed by atoms with van der Waals surface area (Å²) in [7, 11) is 1.57. The maximum Gasteiger partial charge on any atom is 0.314 e. The Kier molecular flexibility index (Phi) is 4.79. The Labute approximate surface area is 95.3 Å². The maximum absolute atomic E-state index is 11.7. The first-order valence-corrected chi connectivity index (χ1v) is 5.24. The Hall–Kier alpha value is -1.55. The molecule has 2 N–H and O–H groups in total. The molecule has 4 heteroatoms. The van der Waals surface area contributed by atoms with Crippen molar-refractivity contribution in [2.75, 3.05) is 20.3 Å². The molecular formula is C12H17NO3. The van der Waals surface area contributed by atoms with Crippen LogP contribution in [0.4, 0.5) is 0 Å². The molecule has 0 aromatic heterocycles. The molecule has 0 aliphatic carbocycles. The summed E-state index contributed by atoms with van der Waals surface area (Å²) in [6.07, 6.45) is 0. The molecule has 0 bridgehead atoms. The predicted octanol–water partition coefficient (Wildman–Crippen LogP) is 1.30. The van der Waals surface area contributed by atoms with Crippen molar-refractivity contribution in [1.29, 1.82) is 0 Å². The molecule has 4 nitrogen and oxygen atoms in total. The summed E-state index contributed by atoms with van der Waals surface area (Å²) in [6, 6.07) is 7.32. The molecule has 1 rings (SSSR count). The first kappa shape index (κ1) is 12.5. The van der Waals surface area contributed by atoms with Crippen LogP contribution in [0, 0.1) is 0 Å². The molecule has 16 heavy (non-hydrogen) atoms. The molecular weight excluding hydrogens is 206 g/mol. The molecule has 0 saturated carbocycles. The van der Waals surface area contributed by atoms with E-state index in [1.807, 2.05) is 18.2 Å². The predicted molar refractivity (Wildman–Crippen MR) is 61.4 cm³/mol. The van der Waals surface area contributed by atoms with Gasteiger partial charge in [0, 0.05) is 12.1 Å². The van der Waals surface area contributed by atoms with Gasteiger partial charge in [-0.15, -0.1) is 0 Å². The molecule has 0 saturated heterocycles. The summed E-state index contributed by atoms with van der Waals surface area (Å²) in [6.45, 7) is 2.33. The third kappa shape index (κ3) is 2.73. The smallest absolute Gasteiger partial charge is 0.314 e. The lowest BCUT2D eigenvalue weighted by molar-refractivity contribution is -0.144. The zero-order chi connectivity index (χ0) is 12.0. The van der Waals surface area contributed by atoms with Crippen LogP contribution < -0.4 is 10.5 Å². The maximum atomic E-state index is 11.7. The zero-order valence-corrected chi connectivity index (χ0v) is 9.60. The molecule has 1 aromatic rings. The number of carbonyl (C=O) groups is 1. The van der Waals surface area contributed by atoms with Gasteiger partial charge in [0.15, 0.2) is 0 Å². The van der Waals surface area contributed by atoms with Crippen molar-refractivity contribution < 1.29 is 14.3 Å². The second kappa shape index (κ2) is 6.12. The van der Waals surface area contributed by atoms with Gasteiger partial charge in [-0.25, -0.2) is 0 Å². The van der Waals surface area contributed by atoms with Gasteiger partial charge in [0.05, 0.1) is 19.6 Å². The van der Waals surface area contributed by atoms with Gasteiger partial charge in [0.25, 0.3) is 0 Å². The van der Waals surface area contributed by atoms with Crippen LogP contribution in [0.3, 0.4) is 0 Å². The molecule has 1 unspecified atom stereocenters. The molecule has 0 amide bonds. The van der Waals surface area contributed by atoms with Crippen LogP contribution in [0.1, 0.15) is 18.4 Å². The lowest BCUT2D eigenvalue weighted by Gasteiger charge is -2.16. The normalized spacial score (nSPS) is 11.9. The van der Waals surface area contributed by atoms with Gasteiger partial charge in [-0.2, -0.15) is 0 Å². The van der Waals surface area contributed by atoms with Crippen LogP contribution >= 0.6 is 0 Å². The van der Waals surface area contributed by atoms with Crippen LogP contribution in [0.2, 0.25) is 0 Å². The number of methoxy groups -OCH3 is 1. The van der Waals surface area contributed by atoms with Crippen molar-refractivity contribution in [1.82, 2.24) is 0 Å². The first-order valence-electron chi connectivity index (χ1n) is 5.24. The minimum Gasteiger partial charge on any atom is -0.496 e. The number of hydrogen-bond acceptors (Lipinski definition) is 4. The molecule has 1 atom stereocenters. The zero-order valence-electron chi connectivity index (χ0n) is 9.60. The van der Waals surface area contributed by atoms with E-state index < -0.39 is 5.92 Å². The van der Waals surface area contributed by atoms with Crippen LogP contribution in [0.15, 0.2) is 24.3 Å². The van der Waals surface area contributed by atoms with E-state index in [0.717, 1.165) is 5.56 Å². The third-order valence-electron chi connectivity index (χ3n) is 2.32. The van der Waals surface area contributed by atoms with Crippen molar-refractivity contribution in [3.8, 4) is 5.75 Å². The number of carbonyl (C=O) groups excluding carboxylic acids is 1. The van der Waals surface area contributed by atoms with E-state index >= 15 is 0 Å². The summed E-state index contributed by atoms with van der Waals surface area (Å²) in [5.74, 6) is -0.114. The summed E-state index contributed by atoms with van der Waals surface area (Å²) in [5, 5.41) is 0. The van der Waals surface area contributed by atoms with E-state index in [2.05, 4.69) is 0 Å². The van der Waals surface area contributed by atoms with Crippen molar-refractivity contribution in [3.63, 3.8) is 0 Å². The Bertz CT molecular complexity index is 352. The number of benzene rings is 1. The van der Waals surface area contributed by atoms with Gasteiger partial charge in [-0.3, -0.25) is 4.79 Å². The number of rotatable bonds is 5. The van der Waals surface area contributed by atoms with Gasteiger partial charge in [-0.05, 0) is 13.0 Å². The third-order valence-corrected chi connectivity index (χ3v) is 2.32. The summed E-state index contributed by atoms with van der Waals surface area (Å²) in [5.41, 5.74) is 6.37. The van der Waals surface area contributed by atoms with Crippen LogP contribution in [-0.2, 0) is 9.53 Å². The quantitative estimate of drug-likeness (QED) is 0.764. The van der Waals surface area contributed by atoms with Crippen molar-refractivity contribution >= 4 is 5.97 Å². The van der Waals surface area contributed by atoms with Crippen molar-refractivity contribution in [2.24, 2.45) is 5.73 Å². The van der Waals surface area contributed by atoms with E-state index in [1.165, 1.54) is 0 Å². The minimum absolute atomic E-state index is 0.208. The SMILES string of the molecule is CCOC(=O)C(CN)c1ccccc1OC. The number of nitrogens with two attached hydrogens (primary N) is 1. The molecule has 0 fully saturated rings. The highest BCUT2D eigenvalue weighted by Crippen LogP contribution is 2.26.